The first-order valence-electron chi connectivity index (χ1n) is 6.32. The third-order valence-corrected chi connectivity index (χ3v) is 5.03. The summed E-state index contributed by atoms with van der Waals surface area (Å²) in [6.07, 6.45) is -4.78. The SMILES string of the molecule is O=C([O-])c1cc(S(=O)(=O)Nc2ccc(Cl)c(C(F)(F)F)c2)ccc1Cl. The number of halogens is 5. The maximum atomic E-state index is 12.8. The van der Waals surface area contributed by atoms with Crippen molar-refractivity contribution in [1.82, 2.24) is 0 Å². The minimum atomic E-state index is -4.78. The first kappa shape index (κ1) is 19.4. The van der Waals surface area contributed by atoms with Gasteiger partial charge in [-0.3, -0.25) is 4.72 Å². The highest BCUT2D eigenvalue weighted by atomic mass is 35.5. The van der Waals surface area contributed by atoms with Crippen molar-refractivity contribution in [1.29, 1.82) is 0 Å². The average molecular weight is 413 g/mol. The summed E-state index contributed by atoms with van der Waals surface area (Å²) >= 11 is 11.1. The molecule has 0 heterocycles. The summed E-state index contributed by atoms with van der Waals surface area (Å²) in [4.78, 5) is 10.4. The fourth-order valence-corrected chi connectivity index (χ4v) is 3.34. The van der Waals surface area contributed by atoms with Crippen LogP contribution in [0.1, 0.15) is 15.9 Å². The van der Waals surface area contributed by atoms with E-state index in [1.165, 1.54) is 0 Å². The van der Waals surface area contributed by atoms with Crippen LogP contribution >= 0.6 is 23.2 Å². The largest absolute Gasteiger partial charge is 0.545 e. The van der Waals surface area contributed by atoms with Gasteiger partial charge in [-0.05, 0) is 36.4 Å². The van der Waals surface area contributed by atoms with Crippen LogP contribution in [0.15, 0.2) is 41.3 Å². The van der Waals surface area contributed by atoms with Gasteiger partial charge in [-0.1, -0.05) is 23.2 Å². The summed E-state index contributed by atoms with van der Waals surface area (Å²) in [5.74, 6) is -1.70. The number of anilines is 1. The monoisotopic (exact) mass is 412 g/mol. The van der Waals surface area contributed by atoms with Crippen LogP contribution in [-0.2, 0) is 16.2 Å². The van der Waals surface area contributed by atoms with Crippen molar-refractivity contribution in [3.05, 3.63) is 57.6 Å². The molecule has 0 saturated carbocycles. The molecule has 0 saturated heterocycles. The van der Waals surface area contributed by atoms with Gasteiger partial charge >= 0.3 is 6.18 Å². The van der Waals surface area contributed by atoms with Crippen LogP contribution in [0, 0.1) is 0 Å². The highest BCUT2D eigenvalue weighted by Gasteiger charge is 2.33. The number of rotatable bonds is 4. The molecule has 0 atom stereocenters. The minimum absolute atomic E-state index is 0.246. The standard InChI is InChI=1S/C14H8Cl2F3NO4S/c15-11-4-2-8(6-9(11)13(21)22)25(23,24)20-7-1-3-12(16)10(5-7)14(17,18)19/h1-6,20H,(H,21,22)/p-1. The summed E-state index contributed by atoms with van der Waals surface area (Å²) < 4.78 is 64.9. The molecule has 0 spiro atoms. The molecular formula is C14H7Cl2F3NO4S-. The molecule has 134 valence electrons. The topological polar surface area (TPSA) is 86.3 Å². The molecule has 0 aliphatic carbocycles. The third kappa shape index (κ3) is 4.36. The minimum Gasteiger partial charge on any atom is -0.545 e. The fourth-order valence-electron chi connectivity index (χ4n) is 1.85. The molecule has 2 aromatic rings. The molecule has 0 aliphatic rings. The van der Waals surface area contributed by atoms with Gasteiger partial charge in [0.2, 0.25) is 0 Å². The van der Waals surface area contributed by atoms with E-state index in [0.29, 0.717) is 6.07 Å². The summed E-state index contributed by atoms with van der Waals surface area (Å²) in [5.41, 5.74) is -2.20. The first-order chi connectivity index (χ1) is 11.4. The molecule has 0 aliphatic heterocycles. The zero-order valence-corrected chi connectivity index (χ0v) is 14.2. The lowest BCUT2D eigenvalue weighted by Crippen LogP contribution is -2.23. The number of hydrogen-bond donors (Lipinski definition) is 1. The van der Waals surface area contributed by atoms with Gasteiger partial charge in [0.05, 0.1) is 21.5 Å². The van der Waals surface area contributed by atoms with E-state index >= 15 is 0 Å². The zero-order chi connectivity index (χ0) is 19.0. The fraction of sp³-hybridized carbons (Fsp3) is 0.0714. The quantitative estimate of drug-likeness (QED) is 0.835. The predicted octanol–water partition coefficient (Wildman–Crippen LogP) is 3.18. The maximum Gasteiger partial charge on any atom is 0.417 e. The Morgan fingerprint density at radius 3 is 2.20 bits per heavy atom. The molecule has 0 aromatic heterocycles. The van der Waals surface area contributed by atoms with Gasteiger partial charge < -0.3 is 9.90 Å². The van der Waals surface area contributed by atoms with E-state index in [4.69, 9.17) is 23.2 Å². The number of nitrogens with one attached hydrogen (secondary N) is 1. The van der Waals surface area contributed by atoms with Gasteiger partial charge in [0, 0.05) is 16.3 Å². The number of carboxylic acid groups (broad SMARTS) is 1. The van der Waals surface area contributed by atoms with Gasteiger partial charge in [0.1, 0.15) is 0 Å². The van der Waals surface area contributed by atoms with Crippen LogP contribution < -0.4 is 9.83 Å². The van der Waals surface area contributed by atoms with Crippen molar-refractivity contribution >= 4 is 44.9 Å². The lowest BCUT2D eigenvalue weighted by atomic mass is 10.2. The number of carbonyl (C=O) groups is 1. The Morgan fingerprint density at radius 1 is 1.04 bits per heavy atom. The summed E-state index contributed by atoms with van der Waals surface area (Å²) in [6.45, 7) is 0. The second-order valence-electron chi connectivity index (χ2n) is 4.73. The second-order valence-corrected chi connectivity index (χ2v) is 7.22. The molecule has 2 aromatic carbocycles. The van der Waals surface area contributed by atoms with Crippen molar-refractivity contribution in [2.24, 2.45) is 0 Å². The van der Waals surface area contributed by atoms with Gasteiger partial charge in [0.25, 0.3) is 10.0 Å². The Kier molecular flexibility index (Phi) is 5.22. The van der Waals surface area contributed by atoms with E-state index in [1.807, 2.05) is 4.72 Å². The van der Waals surface area contributed by atoms with Crippen LogP contribution in [0.2, 0.25) is 10.0 Å². The van der Waals surface area contributed by atoms with E-state index < -0.39 is 48.9 Å². The van der Waals surface area contributed by atoms with E-state index in [1.54, 1.807) is 0 Å². The molecule has 0 unspecified atom stereocenters. The Labute approximate surface area is 150 Å². The van der Waals surface area contributed by atoms with Crippen molar-refractivity contribution in [2.45, 2.75) is 11.1 Å². The predicted molar refractivity (Wildman–Crippen MR) is 83.0 cm³/mol. The Hall–Kier alpha value is -1.97. The number of carbonyl (C=O) groups excluding carboxylic acids is 1. The van der Waals surface area contributed by atoms with E-state index in [9.17, 15) is 31.5 Å². The lowest BCUT2D eigenvalue weighted by Gasteiger charge is -2.14. The Bertz CT molecular complexity index is 946. The molecule has 0 bridgehead atoms. The summed E-state index contributed by atoms with van der Waals surface area (Å²) in [7, 11) is -4.37. The number of hydrogen-bond acceptors (Lipinski definition) is 4. The Morgan fingerprint density at radius 2 is 1.64 bits per heavy atom. The number of benzene rings is 2. The second kappa shape index (κ2) is 6.74. The molecule has 0 fully saturated rings. The molecule has 5 nitrogen and oxygen atoms in total. The van der Waals surface area contributed by atoms with Gasteiger partial charge in [0.15, 0.2) is 0 Å². The van der Waals surface area contributed by atoms with Gasteiger partial charge in [-0.2, -0.15) is 13.2 Å². The third-order valence-electron chi connectivity index (χ3n) is 2.99. The Balaban J connectivity index is 2.43. The van der Waals surface area contributed by atoms with Crippen molar-refractivity contribution in [3.8, 4) is 0 Å². The van der Waals surface area contributed by atoms with Crippen molar-refractivity contribution in [2.75, 3.05) is 4.72 Å². The lowest BCUT2D eigenvalue weighted by molar-refractivity contribution is -0.255. The molecule has 25 heavy (non-hydrogen) atoms. The molecule has 2 rings (SSSR count). The molecule has 0 amide bonds. The number of alkyl halides is 3. The summed E-state index contributed by atoms with van der Waals surface area (Å²) in [6, 6.07) is 5.19. The van der Waals surface area contributed by atoms with Gasteiger partial charge in [-0.25, -0.2) is 8.42 Å². The molecule has 0 radical (unpaired) electrons. The van der Waals surface area contributed by atoms with Crippen LogP contribution in [0.3, 0.4) is 0 Å². The maximum absolute atomic E-state index is 12.8. The van der Waals surface area contributed by atoms with Crippen LogP contribution in [0.4, 0.5) is 18.9 Å². The van der Waals surface area contributed by atoms with Crippen LogP contribution in [0.5, 0.6) is 0 Å². The van der Waals surface area contributed by atoms with Crippen LogP contribution in [0.25, 0.3) is 0 Å². The van der Waals surface area contributed by atoms with E-state index in [0.717, 1.165) is 30.3 Å². The van der Waals surface area contributed by atoms with Crippen molar-refractivity contribution < 1.29 is 31.5 Å². The zero-order valence-electron chi connectivity index (χ0n) is 11.9. The first-order valence-corrected chi connectivity index (χ1v) is 8.56. The highest BCUT2D eigenvalue weighted by molar-refractivity contribution is 7.92. The average Bonchev–Trinajstić information content (AvgIpc) is 2.47. The number of carboxylic acids is 1. The van der Waals surface area contributed by atoms with E-state index in [2.05, 4.69) is 0 Å². The van der Waals surface area contributed by atoms with Gasteiger partial charge in [-0.15, -0.1) is 0 Å². The van der Waals surface area contributed by atoms with Crippen LogP contribution in [-0.4, -0.2) is 14.4 Å². The molecule has 11 heteroatoms. The summed E-state index contributed by atoms with van der Waals surface area (Å²) in [5, 5.41) is 10.1. The molecular weight excluding hydrogens is 406 g/mol. The number of aromatic carboxylic acids is 1. The number of sulfonamides is 1. The smallest absolute Gasteiger partial charge is 0.417 e. The highest BCUT2D eigenvalue weighted by Crippen LogP contribution is 2.36. The van der Waals surface area contributed by atoms with E-state index in [-0.39, 0.29) is 5.02 Å². The normalized spacial score (nSPS) is 12.0. The van der Waals surface area contributed by atoms with Crippen molar-refractivity contribution in [3.63, 3.8) is 0 Å². The molecule has 1 N–H and O–H groups in total.